The maximum Gasteiger partial charge on any atom is 0.256 e. The minimum Gasteiger partial charge on any atom is -0.305 e. The number of hydrogen-bond acceptors (Lipinski definition) is 3. The number of aromatic nitrogens is 2. The topological polar surface area (TPSA) is 61.0 Å². The van der Waals surface area contributed by atoms with Gasteiger partial charge >= 0.3 is 0 Å². The molecule has 126 valence electrons. The first-order chi connectivity index (χ1) is 12.2. The van der Waals surface area contributed by atoms with E-state index in [9.17, 15) is 4.79 Å². The van der Waals surface area contributed by atoms with E-state index in [1.165, 1.54) is 0 Å². The fourth-order valence-electron chi connectivity index (χ4n) is 3.18. The van der Waals surface area contributed by atoms with Gasteiger partial charge in [-0.05, 0) is 36.7 Å². The molecule has 4 rings (SSSR count). The molecule has 1 amide bonds. The van der Waals surface area contributed by atoms with Crippen LogP contribution < -0.4 is 5.32 Å². The van der Waals surface area contributed by atoms with Gasteiger partial charge < -0.3 is 10.2 Å². The van der Waals surface area contributed by atoms with Crippen molar-refractivity contribution in [1.29, 1.82) is 0 Å². The molecular weight excluding hydrogens is 312 g/mol. The fraction of sp³-hybridized carbons (Fsp3) is 0.200. The van der Waals surface area contributed by atoms with Crippen molar-refractivity contribution in [3.8, 4) is 11.1 Å². The average molecular weight is 332 g/mol. The SMILES string of the molecule is CN1CCc2c(NC(=O)c3ccc(-c4ccccc4)cc3)n[nH]c2C1. The highest BCUT2D eigenvalue weighted by molar-refractivity contribution is 6.04. The Bertz CT molecular complexity index is 884. The number of carbonyl (C=O) groups is 1. The van der Waals surface area contributed by atoms with Gasteiger partial charge in [-0.3, -0.25) is 9.89 Å². The number of amides is 1. The Morgan fingerprint density at radius 3 is 2.56 bits per heavy atom. The lowest BCUT2D eigenvalue weighted by atomic mass is 10.0. The van der Waals surface area contributed by atoms with Crippen LogP contribution in [0, 0.1) is 0 Å². The van der Waals surface area contributed by atoms with Crippen LogP contribution in [0.3, 0.4) is 0 Å². The molecule has 1 aliphatic heterocycles. The molecule has 5 nitrogen and oxygen atoms in total. The van der Waals surface area contributed by atoms with Crippen LogP contribution in [-0.4, -0.2) is 34.6 Å². The van der Waals surface area contributed by atoms with E-state index in [1.54, 1.807) is 0 Å². The number of nitrogens with zero attached hydrogens (tertiary/aromatic N) is 2. The monoisotopic (exact) mass is 332 g/mol. The van der Waals surface area contributed by atoms with Gasteiger partial charge in [0.2, 0.25) is 0 Å². The molecule has 3 aromatic rings. The van der Waals surface area contributed by atoms with E-state index >= 15 is 0 Å². The van der Waals surface area contributed by atoms with Crippen LogP contribution in [0.25, 0.3) is 11.1 Å². The lowest BCUT2D eigenvalue weighted by Gasteiger charge is -2.21. The van der Waals surface area contributed by atoms with E-state index < -0.39 is 0 Å². The summed E-state index contributed by atoms with van der Waals surface area (Å²) in [4.78, 5) is 14.8. The third kappa shape index (κ3) is 3.19. The molecular formula is C20H20N4O. The minimum absolute atomic E-state index is 0.132. The van der Waals surface area contributed by atoms with Gasteiger partial charge in [-0.1, -0.05) is 42.5 Å². The summed E-state index contributed by atoms with van der Waals surface area (Å²) in [5, 5.41) is 10.3. The predicted molar refractivity (Wildman–Crippen MR) is 98.5 cm³/mol. The van der Waals surface area contributed by atoms with Crippen LogP contribution in [0.4, 0.5) is 5.82 Å². The fourth-order valence-corrected chi connectivity index (χ4v) is 3.18. The molecule has 25 heavy (non-hydrogen) atoms. The first-order valence-electron chi connectivity index (χ1n) is 8.42. The molecule has 2 N–H and O–H groups in total. The molecule has 0 radical (unpaired) electrons. The predicted octanol–water partition coefficient (Wildman–Crippen LogP) is 3.32. The van der Waals surface area contributed by atoms with Gasteiger partial charge in [-0.15, -0.1) is 0 Å². The molecule has 0 spiro atoms. The summed E-state index contributed by atoms with van der Waals surface area (Å²) in [6, 6.07) is 17.8. The minimum atomic E-state index is -0.132. The molecule has 2 aromatic carbocycles. The highest BCUT2D eigenvalue weighted by atomic mass is 16.1. The Labute approximate surface area is 146 Å². The number of aromatic amines is 1. The molecule has 2 heterocycles. The molecule has 0 atom stereocenters. The number of likely N-dealkylation sites (N-methyl/N-ethyl adjacent to an activating group) is 1. The lowest BCUT2D eigenvalue weighted by Crippen LogP contribution is -2.26. The second kappa shape index (κ2) is 6.53. The number of benzene rings is 2. The van der Waals surface area contributed by atoms with Gasteiger partial charge in [0.1, 0.15) is 0 Å². The van der Waals surface area contributed by atoms with Crippen molar-refractivity contribution >= 4 is 11.7 Å². The summed E-state index contributed by atoms with van der Waals surface area (Å²) in [7, 11) is 2.08. The second-order valence-electron chi connectivity index (χ2n) is 6.41. The standard InChI is InChI=1S/C20H20N4O/c1-24-12-11-17-18(13-24)22-23-19(17)21-20(25)16-9-7-15(8-10-16)14-5-3-2-4-6-14/h2-10H,11-13H2,1H3,(H2,21,22,23,25). The molecule has 0 bridgehead atoms. The third-order valence-corrected chi connectivity index (χ3v) is 4.61. The number of anilines is 1. The number of fused-ring (bicyclic) bond motifs is 1. The van der Waals surface area contributed by atoms with E-state index in [1.807, 2.05) is 42.5 Å². The highest BCUT2D eigenvalue weighted by Crippen LogP contribution is 2.24. The normalized spacial score (nSPS) is 14.1. The van der Waals surface area contributed by atoms with Gasteiger partial charge in [-0.25, -0.2) is 0 Å². The summed E-state index contributed by atoms with van der Waals surface area (Å²) in [6.07, 6.45) is 0.894. The maximum absolute atomic E-state index is 12.5. The first-order valence-corrected chi connectivity index (χ1v) is 8.42. The largest absolute Gasteiger partial charge is 0.305 e. The summed E-state index contributed by atoms with van der Waals surface area (Å²) in [5.74, 6) is 0.521. The Morgan fingerprint density at radius 1 is 1.08 bits per heavy atom. The van der Waals surface area contributed by atoms with Crippen molar-refractivity contribution < 1.29 is 4.79 Å². The van der Waals surface area contributed by atoms with E-state index in [0.29, 0.717) is 11.4 Å². The zero-order valence-corrected chi connectivity index (χ0v) is 14.1. The molecule has 0 aliphatic carbocycles. The van der Waals surface area contributed by atoms with E-state index in [4.69, 9.17) is 0 Å². The van der Waals surface area contributed by atoms with Crippen molar-refractivity contribution in [2.24, 2.45) is 0 Å². The molecule has 1 aromatic heterocycles. The number of nitrogens with one attached hydrogen (secondary N) is 2. The summed E-state index contributed by atoms with van der Waals surface area (Å²) in [6.45, 7) is 1.81. The van der Waals surface area contributed by atoms with E-state index in [0.717, 1.165) is 41.9 Å². The zero-order valence-electron chi connectivity index (χ0n) is 14.1. The van der Waals surface area contributed by atoms with Crippen LogP contribution in [0.15, 0.2) is 54.6 Å². The second-order valence-corrected chi connectivity index (χ2v) is 6.41. The molecule has 0 saturated carbocycles. The number of H-pyrrole nitrogens is 1. The first kappa shape index (κ1) is 15.6. The number of hydrogen-bond donors (Lipinski definition) is 2. The van der Waals surface area contributed by atoms with Crippen molar-refractivity contribution in [2.45, 2.75) is 13.0 Å². The Hall–Kier alpha value is -2.92. The quantitative estimate of drug-likeness (QED) is 0.773. The Balaban J connectivity index is 1.50. The van der Waals surface area contributed by atoms with Crippen LogP contribution in [0.1, 0.15) is 21.6 Å². The van der Waals surface area contributed by atoms with Crippen molar-refractivity contribution in [3.05, 3.63) is 71.4 Å². The van der Waals surface area contributed by atoms with Crippen LogP contribution in [-0.2, 0) is 13.0 Å². The van der Waals surface area contributed by atoms with Gasteiger partial charge in [0.05, 0.1) is 5.69 Å². The number of rotatable bonds is 3. The Morgan fingerprint density at radius 2 is 1.80 bits per heavy atom. The van der Waals surface area contributed by atoms with Gasteiger partial charge in [0, 0.05) is 24.2 Å². The van der Waals surface area contributed by atoms with Gasteiger partial charge in [-0.2, -0.15) is 5.10 Å². The summed E-state index contributed by atoms with van der Waals surface area (Å²) >= 11 is 0. The Kier molecular flexibility index (Phi) is 4.07. The summed E-state index contributed by atoms with van der Waals surface area (Å²) in [5.41, 5.74) is 5.07. The summed E-state index contributed by atoms with van der Waals surface area (Å²) < 4.78 is 0. The average Bonchev–Trinajstić information content (AvgIpc) is 3.04. The van der Waals surface area contributed by atoms with Crippen molar-refractivity contribution in [3.63, 3.8) is 0 Å². The van der Waals surface area contributed by atoms with Crippen molar-refractivity contribution in [2.75, 3.05) is 18.9 Å². The highest BCUT2D eigenvalue weighted by Gasteiger charge is 2.21. The van der Waals surface area contributed by atoms with Crippen LogP contribution in [0.5, 0.6) is 0 Å². The molecule has 1 aliphatic rings. The van der Waals surface area contributed by atoms with Crippen LogP contribution >= 0.6 is 0 Å². The van der Waals surface area contributed by atoms with Crippen molar-refractivity contribution in [1.82, 2.24) is 15.1 Å². The number of carbonyl (C=O) groups excluding carboxylic acids is 1. The third-order valence-electron chi connectivity index (χ3n) is 4.61. The van der Waals surface area contributed by atoms with Gasteiger partial charge in [0.15, 0.2) is 5.82 Å². The lowest BCUT2D eigenvalue weighted by molar-refractivity contribution is 0.102. The van der Waals surface area contributed by atoms with Crippen LogP contribution in [0.2, 0.25) is 0 Å². The van der Waals surface area contributed by atoms with Gasteiger partial charge in [0.25, 0.3) is 5.91 Å². The molecule has 0 fully saturated rings. The maximum atomic E-state index is 12.5. The zero-order chi connectivity index (χ0) is 17.2. The smallest absolute Gasteiger partial charge is 0.256 e. The molecule has 0 unspecified atom stereocenters. The van der Waals surface area contributed by atoms with E-state index in [2.05, 4.69) is 39.6 Å². The molecule has 0 saturated heterocycles. The molecule has 5 heteroatoms. The van der Waals surface area contributed by atoms with E-state index in [-0.39, 0.29) is 5.91 Å².